The van der Waals surface area contributed by atoms with Crippen molar-refractivity contribution in [1.29, 1.82) is 0 Å². The van der Waals surface area contributed by atoms with Gasteiger partial charge in [-0.3, -0.25) is 9.69 Å². The van der Waals surface area contributed by atoms with Crippen molar-refractivity contribution in [2.45, 2.75) is 25.8 Å². The van der Waals surface area contributed by atoms with Crippen molar-refractivity contribution < 1.29 is 4.79 Å². The van der Waals surface area contributed by atoms with Gasteiger partial charge < -0.3 is 4.90 Å². The summed E-state index contributed by atoms with van der Waals surface area (Å²) < 4.78 is 0. The van der Waals surface area contributed by atoms with Crippen LogP contribution in [0.3, 0.4) is 0 Å². The first-order valence-corrected chi connectivity index (χ1v) is 9.24. The molecule has 2 heterocycles. The number of nitrogens with zero attached hydrogens (tertiary/aromatic N) is 4. The molecular formula is C18H24N4OS. The predicted octanol–water partition coefficient (Wildman–Crippen LogP) is 2.90. The van der Waals surface area contributed by atoms with Crippen LogP contribution in [0.2, 0.25) is 0 Å². The third-order valence-corrected chi connectivity index (χ3v) is 5.47. The van der Waals surface area contributed by atoms with E-state index in [0.29, 0.717) is 12.3 Å². The standard InChI is InChI=1S/C18H24N4OS/c1-21(2)17(23)12-14-8-10-22(11-9-14)13-16-19-20-18(24-16)15-6-4-3-5-7-15/h3-7,14H,8-13H2,1-2H3. The van der Waals surface area contributed by atoms with E-state index in [1.807, 2.05) is 32.3 Å². The topological polar surface area (TPSA) is 49.3 Å². The minimum absolute atomic E-state index is 0.241. The number of likely N-dealkylation sites (tertiary alicyclic amines) is 1. The van der Waals surface area contributed by atoms with E-state index in [2.05, 4.69) is 27.2 Å². The molecule has 0 spiro atoms. The molecule has 0 radical (unpaired) electrons. The summed E-state index contributed by atoms with van der Waals surface area (Å²) in [5, 5.41) is 10.7. The van der Waals surface area contributed by atoms with Gasteiger partial charge in [0, 0.05) is 26.1 Å². The van der Waals surface area contributed by atoms with Gasteiger partial charge in [0.05, 0.1) is 6.54 Å². The lowest BCUT2D eigenvalue weighted by Gasteiger charge is -2.31. The van der Waals surface area contributed by atoms with Crippen molar-refractivity contribution >= 4 is 17.2 Å². The number of benzene rings is 1. The lowest BCUT2D eigenvalue weighted by atomic mass is 9.93. The average Bonchev–Trinajstić information content (AvgIpc) is 3.06. The van der Waals surface area contributed by atoms with Crippen molar-refractivity contribution in [2.75, 3.05) is 27.2 Å². The molecule has 128 valence electrons. The molecule has 1 fully saturated rings. The van der Waals surface area contributed by atoms with E-state index in [9.17, 15) is 4.79 Å². The number of hydrogen-bond donors (Lipinski definition) is 0. The smallest absolute Gasteiger partial charge is 0.222 e. The molecule has 24 heavy (non-hydrogen) atoms. The van der Waals surface area contributed by atoms with Crippen LogP contribution in [-0.4, -0.2) is 53.1 Å². The van der Waals surface area contributed by atoms with E-state index in [4.69, 9.17) is 0 Å². The third kappa shape index (κ3) is 4.39. The molecule has 1 saturated heterocycles. The van der Waals surface area contributed by atoms with Crippen LogP contribution in [0.25, 0.3) is 10.6 Å². The Bertz CT molecular complexity index is 663. The molecule has 0 unspecified atom stereocenters. The molecule has 0 N–H and O–H groups in total. The third-order valence-electron chi connectivity index (χ3n) is 4.52. The summed E-state index contributed by atoms with van der Waals surface area (Å²) in [6.45, 7) is 2.93. The predicted molar refractivity (Wildman–Crippen MR) is 96.7 cm³/mol. The molecule has 1 amide bonds. The molecule has 0 aliphatic carbocycles. The van der Waals surface area contributed by atoms with Crippen LogP contribution < -0.4 is 0 Å². The molecule has 1 aliphatic rings. The summed E-state index contributed by atoms with van der Waals surface area (Å²) in [6, 6.07) is 10.2. The Morgan fingerprint density at radius 3 is 2.58 bits per heavy atom. The van der Waals surface area contributed by atoms with Gasteiger partial charge in [-0.15, -0.1) is 10.2 Å². The Labute approximate surface area is 147 Å². The van der Waals surface area contributed by atoms with E-state index in [1.165, 1.54) is 0 Å². The van der Waals surface area contributed by atoms with Gasteiger partial charge >= 0.3 is 0 Å². The summed E-state index contributed by atoms with van der Waals surface area (Å²) in [7, 11) is 3.66. The molecule has 0 bridgehead atoms. The van der Waals surface area contributed by atoms with Crippen LogP contribution in [0.1, 0.15) is 24.3 Å². The molecule has 0 atom stereocenters. The fourth-order valence-electron chi connectivity index (χ4n) is 2.98. The summed E-state index contributed by atoms with van der Waals surface area (Å²) in [6.07, 6.45) is 2.85. The van der Waals surface area contributed by atoms with Gasteiger partial charge in [-0.05, 0) is 31.8 Å². The van der Waals surface area contributed by atoms with Gasteiger partial charge in [0.25, 0.3) is 0 Å². The summed E-state index contributed by atoms with van der Waals surface area (Å²) in [5.74, 6) is 0.760. The first-order chi connectivity index (χ1) is 11.6. The van der Waals surface area contributed by atoms with Crippen LogP contribution in [0, 0.1) is 5.92 Å². The number of carbonyl (C=O) groups excluding carboxylic acids is 1. The van der Waals surface area contributed by atoms with Crippen LogP contribution in [-0.2, 0) is 11.3 Å². The molecule has 3 rings (SSSR count). The number of carbonyl (C=O) groups is 1. The fraction of sp³-hybridized carbons (Fsp3) is 0.500. The molecule has 5 nitrogen and oxygen atoms in total. The maximum atomic E-state index is 11.8. The second-order valence-corrected chi connectivity index (χ2v) is 7.64. The minimum Gasteiger partial charge on any atom is -0.349 e. The number of aromatic nitrogens is 2. The quantitative estimate of drug-likeness (QED) is 0.837. The summed E-state index contributed by atoms with van der Waals surface area (Å²) in [4.78, 5) is 15.9. The highest BCUT2D eigenvalue weighted by molar-refractivity contribution is 7.14. The van der Waals surface area contributed by atoms with Gasteiger partial charge in [0.2, 0.25) is 5.91 Å². The molecule has 1 aliphatic heterocycles. The number of rotatable bonds is 5. The van der Waals surface area contributed by atoms with Crippen molar-refractivity contribution in [3.05, 3.63) is 35.3 Å². The van der Waals surface area contributed by atoms with Crippen molar-refractivity contribution in [3.63, 3.8) is 0 Å². The number of amides is 1. The molecular weight excluding hydrogens is 320 g/mol. The van der Waals surface area contributed by atoms with Crippen LogP contribution in [0.5, 0.6) is 0 Å². The van der Waals surface area contributed by atoms with E-state index < -0.39 is 0 Å². The lowest BCUT2D eigenvalue weighted by Crippen LogP contribution is -2.35. The highest BCUT2D eigenvalue weighted by Crippen LogP contribution is 2.26. The van der Waals surface area contributed by atoms with Gasteiger partial charge in [-0.25, -0.2) is 0 Å². The van der Waals surface area contributed by atoms with Gasteiger partial charge in [-0.1, -0.05) is 41.7 Å². The Balaban J connectivity index is 1.50. The monoisotopic (exact) mass is 344 g/mol. The SMILES string of the molecule is CN(C)C(=O)CC1CCN(Cc2nnc(-c3ccccc3)s2)CC1. The number of hydrogen-bond acceptors (Lipinski definition) is 5. The summed E-state index contributed by atoms with van der Waals surface area (Å²) >= 11 is 1.67. The fourth-order valence-corrected chi connectivity index (χ4v) is 3.87. The zero-order valence-electron chi connectivity index (χ0n) is 14.3. The molecule has 1 aromatic carbocycles. The second kappa shape index (κ2) is 7.85. The minimum atomic E-state index is 0.241. The molecule has 6 heteroatoms. The normalized spacial score (nSPS) is 16.2. The van der Waals surface area contributed by atoms with Gasteiger partial charge in [0.1, 0.15) is 10.0 Å². The van der Waals surface area contributed by atoms with Crippen LogP contribution in [0.4, 0.5) is 0 Å². The van der Waals surface area contributed by atoms with E-state index >= 15 is 0 Å². The van der Waals surface area contributed by atoms with E-state index in [-0.39, 0.29) is 5.91 Å². The maximum absolute atomic E-state index is 11.8. The second-order valence-electron chi connectivity index (χ2n) is 6.58. The maximum Gasteiger partial charge on any atom is 0.222 e. The summed E-state index contributed by atoms with van der Waals surface area (Å²) in [5.41, 5.74) is 1.13. The molecule has 2 aromatic rings. The van der Waals surface area contributed by atoms with Crippen molar-refractivity contribution in [2.24, 2.45) is 5.92 Å². The molecule has 1 aromatic heterocycles. The highest BCUT2D eigenvalue weighted by Gasteiger charge is 2.23. The van der Waals surface area contributed by atoms with Crippen molar-refractivity contribution in [3.8, 4) is 10.6 Å². The van der Waals surface area contributed by atoms with Crippen LogP contribution >= 0.6 is 11.3 Å². The van der Waals surface area contributed by atoms with E-state index in [1.54, 1.807) is 16.2 Å². The Hall–Kier alpha value is -1.79. The van der Waals surface area contributed by atoms with Gasteiger partial charge in [0.15, 0.2) is 0 Å². The van der Waals surface area contributed by atoms with Crippen LogP contribution in [0.15, 0.2) is 30.3 Å². The Morgan fingerprint density at radius 1 is 1.21 bits per heavy atom. The Morgan fingerprint density at radius 2 is 1.92 bits per heavy atom. The first-order valence-electron chi connectivity index (χ1n) is 8.42. The number of piperidine rings is 1. The molecule has 0 saturated carbocycles. The lowest BCUT2D eigenvalue weighted by molar-refractivity contribution is -0.130. The first kappa shape index (κ1) is 17.0. The Kier molecular flexibility index (Phi) is 5.58. The van der Waals surface area contributed by atoms with Crippen molar-refractivity contribution in [1.82, 2.24) is 20.0 Å². The zero-order chi connectivity index (χ0) is 16.9. The van der Waals surface area contributed by atoms with Gasteiger partial charge in [-0.2, -0.15) is 0 Å². The van der Waals surface area contributed by atoms with E-state index in [0.717, 1.165) is 48.1 Å². The highest BCUT2D eigenvalue weighted by atomic mass is 32.1. The zero-order valence-corrected chi connectivity index (χ0v) is 15.1. The average molecular weight is 344 g/mol. The largest absolute Gasteiger partial charge is 0.349 e.